The lowest BCUT2D eigenvalue weighted by Crippen LogP contribution is -2.36. The van der Waals surface area contributed by atoms with Crippen LogP contribution in [0.25, 0.3) is 0 Å². The van der Waals surface area contributed by atoms with Crippen LogP contribution in [0.5, 0.6) is 0 Å². The van der Waals surface area contributed by atoms with Crippen LogP contribution in [0.15, 0.2) is 37.4 Å². The third-order valence-corrected chi connectivity index (χ3v) is 3.97. The quantitative estimate of drug-likeness (QED) is 0.911. The summed E-state index contributed by atoms with van der Waals surface area (Å²) >= 11 is 3.48. The molecule has 1 aromatic rings. The van der Waals surface area contributed by atoms with Crippen molar-refractivity contribution in [3.63, 3.8) is 0 Å². The molecule has 2 heterocycles. The lowest BCUT2D eigenvalue weighted by atomic mass is 9.89. The molecule has 0 unspecified atom stereocenters. The van der Waals surface area contributed by atoms with Crippen molar-refractivity contribution >= 4 is 15.9 Å². The molecule has 1 fully saturated rings. The summed E-state index contributed by atoms with van der Waals surface area (Å²) in [4.78, 5) is 4.53. The van der Waals surface area contributed by atoms with Crippen molar-refractivity contribution in [1.82, 2.24) is 4.98 Å². The van der Waals surface area contributed by atoms with E-state index in [2.05, 4.69) is 41.6 Å². The van der Waals surface area contributed by atoms with Gasteiger partial charge in [-0.05, 0) is 59.1 Å². The number of halogens is 1. The third-order valence-electron chi connectivity index (χ3n) is 3.54. The van der Waals surface area contributed by atoms with E-state index in [1.807, 2.05) is 19.9 Å². The van der Waals surface area contributed by atoms with Gasteiger partial charge in [-0.25, -0.2) is 0 Å². The fourth-order valence-corrected chi connectivity index (χ4v) is 2.86. The molecule has 106 valence electrons. The molecule has 20 heavy (non-hydrogen) atoms. The Kier molecular flexibility index (Phi) is 3.21. The molecule has 0 aromatic carbocycles. The summed E-state index contributed by atoms with van der Waals surface area (Å²) in [6, 6.07) is 2.02. The Labute approximate surface area is 126 Å². The highest BCUT2D eigenvalue weighted by molar-refractivity contribution is 9.10. The van der Waals surface area contributed by atoms with Crippen molar-refractivity contribution in [2.24, 2.45) is 32.3 Å². The molecule has 1 aliphatic heterocycles. The molecule has 1 aromatic heterocycles. The van der Waals surface area contributed by atoms with Gasteiger partial charge < -0.3 is 5.73 Å². The van der Waals surface area contributed by atoms with Gasteiger partial charge in [-0.15, -0.1) is 10.2 Å². The van der Waals surface area contributed by atoms with Crippen LogP contribution in [-0.2, 0) is 12.1 Å². The predicted molar refractivity (Wildman–Crippen MR) is 78.0 cm³/mol. The number of hydrogen-bond donors (Lipinski definition) is 1. The van der Waals surface area contributed by atoms with Crippen molar-refractivity contribution in [3.05, 3.63) is 28.0 Å². The molecule has 7 heteroatoms. The predicted octanol–water partition coefficient (Wildman–Crippen LogP) is 3.52. The van der Waals surface area contributed by atoms with Gasteiger partial charge >= 0.3 is 0 Å². The summed E-state index contributed by atoms with van der Waals surface area (Å²) in [5.74, 6) is 0.369. The summed E-state index contributed by atoms with van der Waals surface area (Å²) in [7, 11) is 0. The first kappa shape index (κ1) is 13.8. The first-order chi connectivity index (χ1) is 9.41. The topological polar surface area (TPSA) is 88.3 Å². The number of pyridine rings is 1. The van der Waals surface area contributed by atoms with Crippen molar-refractivity contribution < 1.29 is 0 Å². The number of hydrogen-bond acceptors (Lipinski definition) is 6. The highest BCUT2D eigenvalue weighted by Crippen LogP contribution is 2.52. The normalized spacial score (nSPS) is 20.6. The van der Waals surface area contributed by atoms with Gasteiger partial charge in [0.2, 0.25) is 5.66 Å². The highest BCUT2D eigenvalue weighted by atomic mass is 79.9. The van der Waals surface area contributed by atoms with Crippen LogP contribution in [0.1, 0.15) is 37.9 Å². The molecule has 0 spiro atoms. The Morgan fingerprint density at radius 1 is 1.35 bits per heavy atom. The van der Waals surface area contributed by atoms with Crippen LogP contribution in [0, 0.1) is 5.92 Å². The molecule has 6 nitrogen and oxygen atoms in total. The van der Waals surface area contributed by atoms with E-state index >= 15 is 0 Å². The number of rotatable bonds is 4. The third kappa shape index (κ3) is 2.52. The van der Waals surface area contributed by atoms with Crippen LogP contribution < -0.4 is 5.73 Å². The Hall–Kier alpha value is -1.21. The van der Waals surface area contributed by atoms with Gasteiger partial charge in [-0.3, -0.25) is 4.98 Å². The molecule has 3 rings (SSSR count). The molecule has 0 amide bonds. The molecular weight excluding hydrogens is 320 g/mol. The Morgan fingerprint density at radius 2 is 2.00 bits per heavy atom. The van der Waals surface area contributed by atoms with Crippen LogP contribution >= 0.6 is 15.9 Å². The van der Waals surface area contributed by atoms with Crippen LogP contribution in [0.2, 0.25) is 0 Å². The van der Waals surface area contributed by atoms with Crippen LogP contribution in [0.3, 0.4) is 0 Å². The van der Waals surface area contributed by atoms with E-state index in [0.29, 0.717) is 12.3 Å². The summed E-state index contributed by atoms with van der Waals surface area (Å²) in [5, 5.41) is 16.1. The minimum absolute atomic E-state index is 0.340. The van der Waals surface area contributed by atoms with Gasteiger partial charge in [0, 0.05) is 39.8 Å². The smallest absolute Gasteiger partial charge is 0.224 e. The van der Waals surface area contributed by atoms with E-state index in [1.165, 1.54) is 0 Å². The average molecular weight is 337 g/mol. The fourth-order valence-electron chi connectivity index (χ4n) is 2.53. The first-order valence-electron chi connectivity index (χ1n) is 6.68. The zero-order valence-corrected chi connectivity index (χ0v) is 13.1. The molecule has 0 atom stereocenters. The van der Waals surface area contributed by atoms with Crippen molar-refractivity contribution in [3.8, 4) is 0 Å². The zero-order chi connectivity index (χ0) is 14.4. The second-order valence-electron chi connectivity index (χ2n) is 6.19. The molecule has 0 radical (unpaired) electrons. The molecule has 0 saturated heterocycles. The second kappa shape index (κ2) is 4.66. The maximum Gasteiger partial charge on any atom is 0.224 e. The van der Waals surface area contributed by atoms with Gasteiger partial charge in [0.1, 0.15) is 0 Å². The Morgan fingerprint density at radius 3 is 2.55 bits per heavy atom. The van der Waals surface area contributed by atoms with Crippen molar-refractivity contribution in [2.75, 3.05) is 0 Å². The highest BCUT2D eigenvalue weighted by Gasteiger charge is 2.51. The Bertz CT molecular complexity index is 573. The number of nitrogens with zero attached hydrogens (tertiary/aromatic N) is 5. The summed E-state index contributed by atoms with van der Waals surface area (Å²) < 4.78 is 0.906. The van der Waals surface area contributed by atoms with Crippen molar-refractivity contribution in [2.45, 2.75) is 44.3 Å². The summed E-state index contributed by atoms with van der Waals surface area (Å²) in [6.45, 7) is 3.98. The summed E-state index contributed by atoms with van der Waals surface area (Å²) in [5.41, 5.74) is 7.02. The molecule has 0 bridgehead atoms. The lowest BCUT2D eigenvalue weighted by molar-refractivity contribution is 0.390. The van der Waals surface area contributed by atoms with Gasteiger partial charge in [0.05, 0.1) is 0 Å². The minimum Gasteiger partial charge on any atom is -0.325 e. The van der Waals surface area contributed by atoms with E-state index in [4.69, 9.17) is 5.73 Å². The van der Waals surface area contributed by atoms with Crippen LogP contribution in [-0.4, -0.2) is 10.5 Å². The standard InChI is InChI=1S/C13H17BrN6/c1-12(2,15)6-11-10(5-9(14)7-16-11)13(8-3-4-8)17-19-20-18-13/h5,7-8H,3-4,6,15H2,1-2H3. The zero-order valence-electron chi connectivity index (χ0n) is 11.5. The van der Waals surface area contributed by atoms with E-state index < -0.39 is 5.66 Å². The van der Waals surface area contributed by atoms with E-state index in [9.17, 15) is 0 Å². The number of nitrogens with two attached hydrogens (primary N) is 1. The molecule has 2 aliphatic rings. The second-order valence-corrected chi connectivity index (χ2v) is 7.11. The molecular formula is C13H17BrN6. The van der Waals surface area contributed by atoms with E-state index in [1.54, 1.807) is 6.20 Å². The van der Waals surface area contributed by atoms with Gasteiger partial charge in [-0.1, -0.05) is 0 Å². The lowest BCUT2D eigenvalue weighted by Gasteiger charge is -2.25. The van der Waals surface area contributed by atoms with E-state index in [0.717, 1.165) is 28.6 Å². The largest absolute Gasteiger partial charge is 0.325 e. The van der Waals surface area contributed by atoms with Gasteiger partial charge in [-0.2, -0.15) is 0 Å². The minimum atomic E-state index is -0.683. The molecule has 2 N–H and O–H groups in total. The molecule has 1 aliphatic carbocycles. The monoisotopic (exact) mass is 336 g/mol. The number of aromatic nitrogens is 1. The van der Waals surface area contributed by atoms with Crippen LogP contribution in [0.4, 0.5) is 0 Å². The average Bonchev–Trinajstić information content (AvgIpc) is 3.10. The first-order valence-corrected chi connectivity index (χ1v) is 7.48. The summed E-state index contributed by atoms with van der Waals surface area (Å²) in [6.07, 6.45) is 4.63. The van der Waals surface area contributed by atoms with Crippen molar-refractivity contribution in [1.29, 1.82) is 0 Å². The Balaban J connectivity index is 2.09. The maximum atomic E-state index is 6.15. The van der Waals surface area contributed by atoms with E-state index in [-0.39, 0.29) is 5.54 Å². The maximum absolute atomic E-state index is 6.15. The molecule has 1 saturated carbocycles. The van der Waals surface area contributed by atoms with Gasteiger partial charge in [0.25, 0.3) is 0 Å². The van der Waals surface area contributed by atoms with Gasteiger partial charge in [0.15, 0.2) is 0 Å². The fraction of sp³-hybridized carbons (Fsp3) is 0.615. The SMILES string of the molecule is CC(C)(N)Cc1ncc(Br)cc1C1(C2CC2)N=NN=N1.